The topological polar surface area (TPSA) is 132 Å². The molecule has 2 aliphatic heterocycles. The molecule has 86 heavy (non-hydrogen) atoms. The van der Waals surface area contributed by atoms with Gasteiger partial charge in [0.05, 0.1) is 5.41 Å². The lowest BCUT2D eigenvalue weighted by molar-refractivity contribution is -0.437. The van der Waals surface area contributed by atoms with Crippen LogP contribution < -0.4 is 49.9 Å². The van der Waals surface area contributed by atoms with Crippen molar-refractivity contribution in [3.05, 3.63) is 244 Å². The molecule has 0 saturated heterocycles. The number of hydrogen-bond acceptors (Lipinski definition) is 9. The summed E-state index contributed by atoms with van der Waals surface area (Å²) in [6.07, 6.45) is 14.9. The number of hydrogen-bond donors (Lipinski definition) is 5. The second kappa shape index (κ2) is 29.9. The second-order valence-electron chi connectivity index (χ2n) is 24.2. The zero-order chi connectivity index (χ0) is 60.3. The van der Waals surface area contributed by atoms with Gasteiger partial charge in [0.1, 0.15) is 18.1 Å². The van der Waals surface area contributed by atoms with Gasteiger partial charge in [-0.25, -0.2) is 0 Å². The van der Waals surface area contributed by atoms with Crippen LogP contribution in [0.5, 0.6) is 5.75 Å². The van der Waals surface area contributed by atoms with Crippen LogP contribution in [0.1, 0.15) is 126 Å². The summed E-state index contributed by atoms with van der Waals surface area (Å²) in [6.45, 7) is 25.0. The summed E-state index contributed by atoms with van der Waals surface area (Å²) in [4.78, 5) is 19.4. The molecule has 0 saturated carbocycles. The number of nitrogens with one attached hydrogen (secondary N) is 1. The Bertz CT molecular complexity index is 3510. The maximum Gasteiger partial charge on any atom is 0.488 e. The molecule has 1 aliphatic carbocycles. The standard InChI is InChI=1S/C72H85B2N5O6.HI/c1-9-43-78-65-32-17-13-28-61(65)71(5,6)67(78)40-38-56-25-20-26-57(39-41-68-72(7,8)62-29-14-18-33-66(62)79(68)44-10-2)69(56)85-60-27-19-22-55(46-60)49-77(51-59-24-12-16-31-64(59)74(83)84)48-54-36-34-53(35-37-54)47-76(45-21-42-75-70(80)52(3)4)50-58-23-11-15-30-63(58)73(81)82;/h11-19,22-24,27-41,46,81-84H,3,9-10,20-21,25-26,42-45,47-51H2,1-2,4-8H3;1H. The molecule has 1 amide bonds. The van der Waals surface area contributed by atoms with Crippen LogP contribution in [-0.2, 0) is 48.3 Å². The van der Waals surface area contributed by atoms with E-state index in [1.54, 1.807) is 25.1 Å². The van der Waals surface area contributed by atoms with Crippen molar-refractivity contribution in [2.24, 2.45) is 0 Å². The predicted octanol–water partition coefficient (Wildman–Crippen LogP) is 8.21. The summed E-state index contributed by atoms with van der Waals surface area (Å²) < 4.78 is 9.81. The molecule has 0 fully saturated rings. The first kappa shape index (κ1) is 65.4. The van der Waals surface area contributed by atoms with E-state index in [9.17, 15) is 24.9 Å². The average molecular weight is 1270 g/mol. The van der Waals surface area contributed by atoms with Crippen LogP contribution in [0.3, 0.4) is 0 Å². The van der Waals surface area contributed by atoms with E-state index in [0.717, 1.165) is 84.5 Å². The van der Waals surface area contributed by atoms with Crippen molar-refractivity contribution < 1.29 is 58.2 Å². The summed E-state index contributed by atoms with van der Waals surface area (Å²) in [5.74, 6) is 1.48. The van der Waals surface area contributed by atoms with E-state index in [1.807, 2.05) is 30.3 Å². The molecule has 0 spiro atoms. The molecule has 9 rings (SSSR count). The summed E-state index contributed by atoms with van der Waals surface area (Å²) in [7, 11) is -3.22. The van der Waals surface area contributed by atoms with Crippen LogP contribution in [0.4, 0.5) is 11.4 Å². The lowest BCUT2D eigenvalue weighted by Gasteiger charge is -2.27. The zero-order valence-corrected chi connectivity index (χ0v) is 53.6. The van der Waals surface area contributed by atoms with Gasteiger partial charge in [-0.05, 0) is 139 Å². The second-order valence-corrected chi connectivity index (χ2v) is 24.2. The molecule has 6 aromatic rings. The number of benzene rings is 6. The average Bonchev–Trinajstić information content (AvgIpc) is 2.10. The molecule has 0 aromatic heterocycles. The van der Waals surface area contributed by atoms with E-state index >= 15 is 0 Å². The lowest BCUT2D eigenvalue weighted by Crippen LogP contribution is -3.00. The fourth-order valence-corrected chi connectivity index (χ4v) is 12.7. The lowest BCUT2D eigenvalue weighted by atomic mass is 9.77. The minimum Gasteiger partial charge on any atom is -1.00 e. The Kier molecular flexibility index (Phi) is 22.7. The molecular weight excluding hydrogens is 1180 g/mol. The Balaban J connectivity index is 0.00000961. The quantitative estimate of drug-likeness (QED) is 0.0120. The molecule has 3 aliphatic rings. The van der Waals surface area contributed by atoms with Crippen molar-refractivity contribution >= 4 is 48.2 Å². The number of amides is 1. The van der Waals surface area contributed by atoms with E-state index in [-0.39, 0.29) is 40.7 Å². The van der Waals surface area contributed by atoms with Crippen LogP contribution in [0.15, 0.2) is 205 Å². The largest absolute Gasteiger partial charge is 1.00 e. The van der Waals surface area contributed by atoms with Crippen LogP contribution in [0.25, 0.3) is 0 Å². The molecule has 11 nitrogen and oxygen atoms in total. The highest BCUT2D eigenvalue weighted by Crippen LogP contribution is 2.48. The van der Waals surface area contributed by atoms with Gasteiger partial charge in [0.25, 0.3) is 0 Å². The van der Waals surface area contributed by atoms with Crippen LogP contribution >= 0.6 is 0 Å². The molecule has 0 bridgehead atoms. The Morgan fingerprint density at radius 1 is 0.686 bits per heavy atom. The number of halogens is 1. The molecule has 448 valence electrons. The van der Waals surface area contributed by atoms with E-state index in [1.165, 1.54) is 45.1 Å². The fourth-order valence-electron chi connectivity index (χ4n) is 12.7. The van der Waals surface area contributed by atoms with Crippen LogP contribution in [0, 0.1) is 0 Å². The van der Waals surface area contributed by atoms with Gasteiger partial charge < -0.3 is 59.0 Å². The Hall–Kier alpha value is -6.62. The number of rotatable bonds is 26. The molecule has 0 radical (unpaired) electrons. The summed E-state index contributed by atoms with van der Waals surface area (Å²) in [6, 6.07) is 49.5. The van der Waals surface area contributed by atoms with Crippen molar-refractivity contribution in [1.29, 1.82) is 0 Å². The Labute approximate surface area is 529 Å². The van der Waals surface area contributed by atoms with Gasteiger partial charge in [0, 0.05) is 98.9 Å². The fraction of sp³-hybridized carbons (Fsp3) is 0.333. The summed E-state index contributed by atoms with van der Waals surface area (Å²) >= 11 is 0. The Morgan fingerprint density at radius 3 is 1.94 bits per heavy atom. The number of carbonyl (C=O) groups is 1. The molecule has 14 heteroatoms. The summed E-state index contributed by atoms with van der Waals surface area (Å²) in [5, 5.41) is 44.4. The molecule has 0 unspecified atom stereocenters. The summed E-state index contributed by atoms with van der Waals surface area (Å²) in [5.41, 5.74) is 16.1. The first-order chi connectivity index (χ1) is 41.0. The molecule has 0 atom stereocenters. The third-order valence-electron chi connectivity index (χ3n) is 17.0. The van der Waals surface area contributed by atoms with Crippen LogP contribution in [-0.4, -0.2) is 86.5 Å². The highest BCUT2D eigenvalue weighted by atomic mass is 127. The van der Waals surface area contributed by atoms with Crippen molar-refractivity contribution in [2.45, 2.75) is 131 Å². The zero-order valence-electron chi connectivity index (χ0n) is 51.4. The first-order valence-corrected chi connectivity index (χ1v) is 30.5. The van der Waals surface area contributed by atoms with Crippen LogP contribution in [0.2, 0.25) is 0 Å². The van der Waals surface area contributed by atoms with E-state index in [2.05, 4.69) is 194 Å². The minimum absolute atomic E-state index is 0. The van der Waals surface area contributed by atoms with Gasteiger partial charge in [-0.15, -0.1) is 0 Å². The van der Waals surface area contributed by atoms with Crippen molar-refractivity contribution in [3.8, 4) is 5.75 Å². The number of anilines is 1. The maximum atomic E-state index is 12.3. The van der Waals surface area contributed by atoms with Crippen molar-refractivity contribution in [2.75, 3.05) is 31.1 Å². The number of ether oxygens (including phenoxy) is 1. The predicted molar refractivity (Wildman–Crippen MR) is 348 cm³/mol. The van der Waals surface area contributed by atoms with Crippen molar-refractivity contribution in [1.82, 2.24) is 15.1 Å². The number of fused-ring (bicyclic) bond motifs is 2. The molecule has 6 aromatic carbocycles. The number of nitrogens with zero attached hydrogens (tertiary/aromatic N) is 4. The molecule has 2 heterocycles. The monoisotopic (exact) mass is 1270 g/mol. The SMILES string of the molecule is C=C(C)C(=O)NCCCN(Cc1ccc(CN(Cc2cccc(OC3=C(/C=C/C4=[N+](CCC)c5ccccc5C4(C)C)CCC/C3=C\C=C3\N(CCC)c4ccccc4C3(C)C)c2)Cc2ccccc2B(O)O)cc1)Cc1ccccc1B(O)O.[I-]. The maximum absolute atomic E-state index is 12.3. The van der Waals surface area contributed by atoms with Gasteiger partial charge in [0.2, 0.25) is 11.6 Å². The van der Waals surface area contributed by atoms with Gasteiger partial charge in [-0.1, -0.05) is 162 Å². The van der Waals surface area contributed by atoms with E-state index in [4.69, 9.17) is 4.74 Å². The normalized spacial score (nSPS) is 16.1. The van der Waals surface area contributed by atoms with E-state index in [0.29, 0.717) is 68.7 Å². The first-order valence-electron chi connectivity index (χ1n) is 30.5. The smallest absolute Gasteiger partial charge is 0.488 e. The molecular formula is C72H86B2IN5O6. The third kappa shape index (κ3) is 15.6. The minimum atomic E-state index is -1.62. The number of para-hydroxylation sites is 2. The van der Waals surface area contributed by atoms with Gasteiger partial charge in [-0.3, -0.25) is 14.6 Å². The van der Waals surface area contributed by atoms with Gasteiger partial charge >= 0.3 is 14.2 Å². The van der Waals surface area contributed by atoms with Crippen molar-refractivity contribution in [3.63, 3.8) is 0 Å². The molecule has 5 N–H and O–H groups in total. The van der Waals surface area contributed by atoms with Gasteiger partial charge in [0.15, 0.2) is 5.71 Å². The number of allylic oxidation sites excluding steroid dienone is 7. The Morgan fingerprint density at radius 2 is 1.29 bits per heavy atom. The van der Waals surface area contributed by atoms with E-state index < -0.39 is 14.2 Å². The highest BCUT2D eigenvalue weighted by molar-refractivity contribution is 6.59. The van der Waals surface area contributed by atoms with Gasteiger partial charge in [-0.2, -0.15) is 4.58 Å². The third-order valence-corrected chi connectivity index (χ3v) is 17.0. The number of carbonyl (C=O) groups excluding carboxylic acids is 1. The highest BCUT2D eigenvalue weighted by Gasteiger charge is 2.44.